The van der Waals surface area contributed by atoms with Crippen LogP contribution in [-0.4, -0.2) is 21.0 Å². The van der Waals surface area contributed by atoms with Crippen molar-refractivity contribution in [1.82, 2.24) is 9.78 Å². The van der Waals surface area contributed by atoms with Crippen LogP contribution in [0.15, 0.2) is 48.2 Å². The number of aliphatic hydroxyl groups is 1. The Balaban J connectivity index is 1.26. The van der Waals surface area contributed by atoms with Gasteiger partial charge in [-0.15, -0.1) is 0 Å². The van der Waals surface area contributed by atoms with Crippen molar-refractivity contribution in [3.8, 4) is 11.8 Å². The standard InChI is InChI=1S/C29H35N3O/c1-28-14-11-22(33)17-20(28)5-8-23-24-9-10-26(29(24,2)15-12-25(23)28)27-13-16-32(31-27)21-6-3-19(18-30)4-7-21/h3-7,13,16,22-26,33H,8-12,14-15,17H2,1-2H3/t22-,23-,24-,25-,26+,28-,29-/m0/s1. The highest BCUT2D eigenvalue weighted by Gasteiger charge is 2.59. The predicted octanol–water partition coefficient (Wildman–Crippen LogP) is 6.15. The number of hydrogen-bond donors (Lipinski definition) is 1. The number of allylic oxidation sites excluding steroid dienone is 1. The molecule has 1 N–H and O–H groups in total. The highest BCUT2D eigenvalue weighted by atomic mass is 16.3. The molecule has 1 aromatic carbocycles. The summed E-state index contributed by atoms with van der Waals surface area (Å²) in [4.78, 5) is 0. The molecule has 0 bridgehead atoms. The minimum absolute atomic E-state index is 0.128. The van der Waals surface area contributed by atoms with E-state index in [-0.39, 0.29) is 6.10 Å². The van der Waals surface area contributed by atoms with Crippen LogP contribution in [-0.2, 0) is 0 Å². The molecule has 0 unspecified atom stereocenters. The van der Waals surface area contributed by atoms with Gasteiger partial charge in [0.25, 0.3) is 0 Å². The summed E-state index contributed by atoms with van der Waals surface area (Å²) < 4.78 is 1.98. The number of benzene rings is 1. The largest absolute Gasteiger partial charge is 0.393 e. The van der Waals surface area contributed by atoms with Gasteiger partial charge in [-0.1, -0.05) is 25.5 Å². The third-order valence-corrected chi connectivity index (χ3v) is 10.3. The number of rotatable bonds is 2. The first kappa shape index (κ1) is 21.2. The molecule has 4 aliphatic rings. The number of aliphatic hydroxyl groups excluding tert-OH is 1. The molecular formula is C29H35N3O. The van der Waals surface area contributed by atoms with Crippen LogP contribution < -0.4 is 0 Å². The molecule has 4 nitrogen and oxygen atoms in total. The summed E-state index contributed by atoms with van der Waals surface area (Å²) in [7, 11) is 0. The lowest BCUT2D eigenvalue weighted by Crippen LogP contribution is -2.50. The highest BCUT2D eigenvalue weighted by Crippen LogP contribution is 2.67. The van der Waals surface area contributed by atoms with Crippen LogP contribution in [0.2, 0.25) is 0 Å². The van der Waals surface area contributed by atoms with Crippen molar-refractivity contribution in [3.05, 3.63) is 59.4 Å². The van der Waals surface area contributed by atoms with E-state index < -0.39 is 0 Å². The summed E-state index contributed by atoms with van der Waals surface area (Å²) >= 11 is 0. The van der Waals surface area contributed by atoms with Gasteiger partial charge in [0, 0.05) is 12.1 Å². The van der Waals surface area contributed by atoms with E-state index in [0.717, 1.165) is 42.7 Å². The monoisotopic (exact) mass is 441 g/mol. The zero-order valence-electron chi connectivity index (χ0n) is 19.9. The van der Waals surface area contributed by atoms with Crippen molar-refractivity contribution in [2.24, 2.45) is 28.6 Å². The molecule has 1 heterocycles. The van der Waals surface area contributed by atoms with E-state index in [4.69, 9.17) is 10.4 Å². The second kappa shape index (κ2) is 7.57. The van der Waals surface area contributed by atoms with Gasteiger partial charge in [-0.25, -0.2) is 4.68 Å². The number of fused-ring (bicyclic) bond motifs is 5. The molecule has 0 spiro atoms. The highest BCUT2D eigenvalue weighted by molar-refractivity contribution is 5.39. The maximum Gasteiger partial charge on any atom is 0.0991 e. The van der Waals surface area contributed by atoms with Gasteiger partial charge < -0.3 is 5.11 Å². The molecular weight excluding hydrogens is 406 g/mol. The van der Waals surface area contributed by atoms with Crippen LogP contribution in [0, 0.1) is 39.9 Å². The van der Waals surface area contributed by atoms with Crippen molar-refractivity contribution >= 4 is 0 Å². The Morgan fingerprint density at radius 2 is 1.85 bits per heavy atom. The van der Waals surface area contributed by atoms with Crippen LogP contribution in [0.1, 0.15) is 82.4 Å². The second-order valence-electron chi connectivity index (χ2n) is 11.7. The third-order valence-electron chi connectivity index (χ3n) is 10.3. The van der Waals surface area contributed by atoms with Gasteiger partial charge in [-0.2, -0.15) is 10.4 Å². The van der Waals surface area contributed by atoms with Gasteiger partial charge in [-0.05, 0) is 110 Å². The molecule has 33 heavy (non-hydrogen) atoms. The van der Waals surface area contributed by atoms with E-state index in [0.29, 0.717) is 22.3 Å². The zero-order valence-corrected chi connectivity index (χ0v) is 19.9. The fraction of sp³-hybridized carbons (Fsp3) is 0.586. The van der Waals surface area contributed by atoms with Crippen LogP contribution in [0.25, 0.3) is 5.69 Å². The van der Waals surface area contributed by atoms with Crippen molar-refractivity contribution in [1.29, 1.82) is 5.26 Å². The topological polar surface area (TPSA) is 61.8 Å². The maximum absolute atomic E-state index is 10.3. The predicted molar refractivity (Wildman–Crippen MR) is 129 cm³/mol. The van der Waals surface area contributed by atoms with E-state index in [9.17, 15) is 5.11 Å². The molecule has 0 amide bonds. The molecule has 0 aliphatic heterocycles. The summed E-state index contributed by atoms with van der Waals surface area (Å²) in [5.41, 5.74) is 5.11. The molecule has 6 rings (SSSR count). The van der Waals surface area contributed by atoms with Crippen LogP contribution in [0.5, 0.6) is 0 Å². The van der Waals surface area contributed by atoms with E-state index in [1.54, 1.807) is 5.57 Å². The smallest absolute Gasteiger partial charge is 0.0991 e. The van der Waals surface area contributed by atoms with Gasteiger partial charge in [0.05, 0.1) is 29.1 Å². The summed E-state index contributed by atoms with van der Waals surface area (Å²) in [6, 6.07) is 12.1. The summed E-state index contributed by atoms with van der Waals surface area (Å²) in [6.45, 7) is 5.06. The molecule has 3 saturated carbocycles. The molecule has 2 aromatic rings. The lowest BCUT2D eigenvalue weighted by atomic mass is 9.47. The molecule has 1 aromatic heterocycles. The van der Waals surface area contributed by atoms with Gasteiger partial charge in [0.15, 0.2) is 0 Å². The normalized spacial score (nSPS) is 39.7. The number of aromatic nitrogens is 2. The molecule has 7 atom stereocenters. The molecule has 4 heteroatoms. The first-order chi connectivity index (χ1) is 15.9. The molecule has 3 fully saturated rings. The average Bonchev–Trinajstić information content (AvgIpc) is 3.44. The van der Waals surface area contributed by atoms with E-state index >= 15 is 0 Å². The second-order valence-corrected chi connectivity index (χ2v) is 11.7. The van der Waals surface area contributed by atoms with Crippen molar-refractivity contribution in [2.45, 2.75) is 77.2 Å². The van der Waals surface area contributed by atoms with Crippen molar-refractivity contribution < 1.29 is 5.11 Å². The Bertz CT molecular complexity index is 1120. The van der Waals surface area contributed by atoms with Crippen LogP contribution >= 0.6 is 0 Å². The van der Waals surface area contributed by atoms with E-state index in [2.05, 4.69) is 38.3 Å². The van der Waals surface area contributed by atoms with Gasteiger partial charge in [0.2, 0.25) is 0 Å². The SMILES string of the molecule is C[C@]12CC[C@H]3[C@@H](CC=C4C[C@@H](O)CC[C@@]43C)[C@@H]1CC[C@@H]2c1ccn(-c2ccc(C#N)cc2)n1. The number of nitriles is 1. The van der Waals surface area contributed by atoms with Gasteiger partial charge in [-0.3, -0.25) is 0 Å². The third kappa shape index (κ3) is 3.16. The van der Waals surface area contributed by atoms with Crippen LogP contribution in [0.3, 0.4) is 0 Å². The summed E-state index contributed by atoms with van der Waals surface area (Å²) in [5.74, 6) is 2.84. The first-order valence-corrected chi connectivity index (χ1v) is 12.9. The Labute approximate surface area is 197 Å². The van der Waals surface area contributed by atoms with Crippen molar-refractivity contribution in [3.63, 3.8) is 0 Å². The van der Waals surface area contributed by atoms with Crippen LogP contribution in [0.4, 0.5) is 0 Å². The lowest BCUT2D eigenvalue weighted by molar-refractivity contribution is -0.0412. The van der Waals surface area contributed by atoms with E-state index in [1.165, 1.54) is 37.8 Å². The molecule has 0 saturated heterocycles. The Kier molecular flexibility index (Phi) is 4.86. The number of nitrogens with zero attached hydrogens (tertiary/aromatic N) is 3. The van der Waals surface area contributed by atoms with Gasteiger partial charge in [0.1, 0.15) is 0 Å². The Morgan fingerprint density at radius 1 is 1.03 bits per heavy atom. The summed E-state index contributed by atoms with van der Waals surface area (Å²) in [5, 5.41) is 24.4. The molecule has 172 valence electrons. The average molecular weight is 442 g/mol. The fourth-order valence-corrected chi connectivity index (χ4v) is 8.48. The quantitative estimate of drug-likeness (QED) is 0.569. The van der Waals surface area contributed by atoms with Crippen molar-refractivity contribution in [2.75, 3.05) is 0 Å². The fourth-order valence-electron chi connectivity index (χ4n) is 8.48. The lowest BCUT2D eigenvalue weighted by Gasteiger charge is -2.58. The van der Waals surface area contributed by atoms with E-state index in [1.807, 2.05) is 28.9 Å². The number of hydrogen-bond acceptors (Lipinski definition) is 3. The minimum atomic E-state index is -0.128. The maximum atomic E-state index is 10.3. The molecule has 0 radical (unpaired) electrons. The van der Waals surface area contributed by atoms with Gasteiger partial charge >= 0.3 is 0 Å². The molecule has 4 aliphatic carbocycles. The Hall–Kier alpha value is -2.38. The summed E-state index contributed by atoms with van der Waals surface area (Å²) in [6.07, 6.45) is 13.9. The zero-order chi connectivity index (χ0) is 22.8. The Morgan fingerprint density at radius 3 is 2.64 bits per heavy atom. The first-order valence-electron chi connectivity index (χ1n) is 12.9. The minimum Gasteiger partial charge on any atom is -0.393 e.